The quantitative estimate of drug-likeness (QED) is 0.790. The third-order valence-electron chi connectivity index (χ3n) is 2.43. The Kier molecular flexibility index (Phi) is 4.31. The van der Waals surface area contributed by atoms with Gasteiger partial charge in [0.05, 0.1) is 6.04 Å². The molecular formula is C12H18N2O. The smallest absolute Gasteiger partial charge is 0.241 e. The van der Waals surface area contributed by atoms with Crippen LogP contribution < -0.4 is 11.1 Å². The number of amides is 1. The Morgan fingerprint density at radius 1 is 1.40 bits per heavy atom. The minimum atomic E-state index is -0.421. The van der Waals surface area contributed by atoms with Crippen LogP contribution in [0.25, 0.3) is 0 Å². The van der Waals surface area contributed by atoms with Gasteiger partial charge in [0.25, 0.3) is 0 Å². The first-order valence-electron chi connectivity index (χ1n) is 5.33. The lowest BCUT2D eigenvalue weighted by atomic mass is 10.1. The summed E-state index contributed by atoms with van der Waals surface area (Å²) in [6.07, 6.45) is 1.55. The minimum absolute atomic E-state index is 0.113. The maximum atomic E-state index is 11.6. The second-order valence-electron chi connectivity index (χ2n) is 3.51. The van der Waals surface area contributed by atoms with Crippen molar-refractivity contribution in [3.63, 3.8) is 0 Å². The van der Waals surface area contributed by atoms with Crippen molar-refractivity contribution in [1.82, 2.24) is 0 Å². The summed E-state index contributed by atoms with van der Waals surface area (Å²) in [6.45, 7) is 3.96. The molecule has 0 aromatic heterocycles. The molecule has 0 aliphatic heterocycles. The largest absolute Gasteiger partial charge is 0.324 e. The van der Waals surface area contributed by atoms with Gasteiger partial charge in [-0.25, -0.2) is 0 Å². The lowest BCUT2D eigenvalue weighted by Gasteiger charge is -2.12. The van der Waals surface area contributed by atoms with Crippen molar-refractivity contribution in [2.75, 3.05) is 5.32 Å². The highest BCUT2D eigenvalue weighted by Crippen LogP contribution is 2.15. The molecule has 1 atom stereocenters. The van der Waals surface area contributed by atoms with Crippen LogP contribution >= 0.6 is 0 Å². The number of para-hydroxylation sites is 1. The summed E-state index contributed by atoms with van der Waals surface area (Å²) in [6, 6.07) is 7.36. The molecule has 82 valence electrons. The van der Waals surface area contributed by atoms with E-state index in [9.17, 15) is 4.79 Å². The van der Waals surface area contributed by atoms with Crippen molar-refractivity contribution in [2.45, 2.75) is 32.7 Å². The zero-order valence-electron chi connectivity index (χ0n) is 9.29. The fourth-order valence-corrected chi connectivity index (χ4v) is 1.36. The topological polar surface area (TPSA) is 55.1 Å². The Morgan fingerprint density at radius 2 is 2.07 bits per heavy atom. The van der Waals surface area contributed by atoms with Crippen molar-refractivity contribution < 1.29 is 4.79 Å². The van der Waals surface area contributed by atoms with Gasteiger partial charge in [0.1, 0.15) is 0 Å². The maximum absolute atomic E-state index is 11.6. The normalized spacial score (nSPS) is 12.2. The van der Waals surface area contributed by atoms with E-state index in [4.69, 9.17) is 5.73 Å². The van der Waals surface area contributed by atoms with Crippen molar-refractivity contribution >= 4 is 11.6 Å². The Balaban J connectivity index is 2.76. The molecule has 3 heteroatoms. The third kappa shape index (κ3) is 3.06. The van der Waals surface area contributed by atoms with Crippen molar-refractivity contribution in [1.29, 1.82) is 0 Å². The van der Waals surface area contributed by atoms with Gasteiger partial charge in [-0.15, -0.1) is 0 Å². The van der Waals surface area contributed by atoms with E-state index in [2.05, 4.69) is 12.2 Å². The molecule has 1 aromatic carbocycles. The van der Waals surface area contributed by atoms with Crippen molar-refractivity contribution in [3.8, 4) is 0 Å². The Hall–Kier alpha value is -1.35. The molecule has 0 bridgehead atoms. The van der Waals surface area contributed by atoms with Crippen LogP contribution in [0.5, 0.6) is 0 Å². The van der Waals surface area contributed by atoms with Crippen LogP contribution in [0.4, 0.5) is 5.69 Å². The molecule has 0 fully saturated rings. The number of hydrogen-bond acceptors (Lipinski definition) is 2. The Labute approximate surface area is 90.7 Å². The van der Waals surface area contributed by atoms with Gasteiger partial charge in [0.15, 0.2) is 0 Å². The van der Waals surface area contributed by atoms with E-state index >= 15 is 0 Å². The van der Waals surface area contributed by atoms with Crippen LogP contribution in [-0.2, 0) is 11.2 Å². The Bertz CT molecular complexity index is 336. The number of nitrogens with one attached hydrogen (secondary N) is 1. The molecule has 3 N–H and O–H groups in total. The number of aryl methyl sites for hydroxylation is 1. The molecule has 0 spiro atoms. The zero-order chi connectivity index (χ0) is 11.3. The molecule has 0 radical (unpaired) electrons. The fourth-order valence-electron chi connectivity index (χ4n) is 1.36. The lowest BCUT2D eigenvalue weighted by molar-refractivity contribution is -0.117. The highest BCUT2D eigenvalue weighted by Gasteiger charge is 2.11. The second-order valence-corrected chi connectivity index (χ2v) is 3.51. The predicted octanol–water partition coefficient (Wildman–Crippen LogP) is 1.92. The third-order valence-corrected chi connectivity index (χ3v) is 2.43. The average molecular weight is 206 g/mol. The van der Waals surface area contributed by atoms with Gasteiger partial charge in [0, 0.05) is 5.69 Å². The average Bonchev–Trinajstić information content (AvgIpc) is 2.28. The number of benzene rings is 1. The number of carbonyl (C=O) groups is 1. The molecule has 1 amide bonds. The van der Waals surface area contributed by atoms with E-state index in [-0.39, 0.29) is 5.91 Å². The van der Waals surface area contributed by atoms with E-state index in [0.29, 0.717) is 6.42 Å². The van der Waals surface area contributed by atoms with Gasteiger partial charge in [-0.2, -0.15) is 0 Å². The highest BCUT2D eigenvalue weighted by molar-refractivity contribution is 5.95. The van der Waals surface area contributed by atoms with Gasteiger partial charge in [-0.05, 0) is 24.5 Å². The summed E-state index contributed by atoms with van der Waals surface area (Å²) in [7, 11) is 0. The summed E-state index contributed by atoms with van der Waals surface area (Å²) < 4.78 is 0. The number of anilines is 1. The van der Waals surface area contributed by atoms with Gasteiger partial charge < -0.3 is 11.1 Å². The monoisotopic (exact) mass is 206 g/mol. The first kappa shape index (κ1) is 11.7. The van der Waals surface area contributed by atoms with Gasteiger partial charge >= 0.3 is 0 Å². The van der Waals surface area contributed by atoms with Crippen molar-refractivity contribution in [3.05, 3.63) is 29.8 Å². The molecule has 1 rings (SSSR count). The van der Waals surface area contributed by atoms with Gasteiger partial charge in [0.2, 0.25) is 5.91 Å². The summed E-state index contributed by atoms with van der Waals surface area (Å²) >= 11 is 0. The van der Waals surface area contributed by atoms with E-state index in [1.807, 2.05) is 31.2 Å². The Morgan fingerprint density at radius 3 is 2.67 bits per heavy atom. The second kappa shape index (κ2) is 5.51. The minimum Gasteiger partial charge on any atom is -0.324 e. The first-order valence-corrected chi connectivity index (χ1v) is 5.33. The molecule has 0 aliphatic carbocycles. The van der Waals surface area contributed by atoms with Crippen molar-refractivity contribution in [2.24, 2.45) is 5.73 Å². The van der Waals surface area contributed by atoms with Gasteiger partial charge in [-0.1, -0.05) is 32.0 Å². The predicted molar refractivity (Wildman–Crippen MR) is 62.7 cm³/mol. The molecule has 0 saturated carbocycles. The number of hydrogen-bond donors (Lipinski definition) is 2. The molecule has 1 unspecified atom stereocenters. The molecule has 0 heterocycles. The standard InChI is InChI=1S/C12H18N2O/c1-3-9-7-5-6-8-11(9)14-12(15)10(13)4-2/h5-8,10H,3-4,13H2,1-2H3,(H,14,15). The van der Waals surface area contributed by atoms with E-state index in [1.165, 1.54) is 0 Å². The summed E-state index contributed by atoms with van der Waals surface area (Å²) in [4.78, 5) is 11.6. The number of nitrogens with two attached hydrogens (primary N) is 1. The van der Waals surface area contributed by atoms with E-state index < -0.39 is 6.04 Å². The fraction of sp³-hybridized carbons (Fsp3) is 0.417. The van der Waals surface area contributed by atoms with E-state index in [1.54, 1.807) is 0 Å². The molecule has 0 saturated heterocycles. The van der Waals surface area contributed by atoms with E-state index in [0.717, 1.165) is 17.7 Å². The zero-order valence-corrected chi connectivity index (χ0v) is 9.29. The molecular weight excluding hydrogens is 188 g/mol. The molecule has 3 nitrogen and oxygen atoms in total. The van der Waals surface area contributed by atoms with Crippen LogP contribution in [0.2, 0.25) is 0 Å². The highest BCUT2D eigenvalue weighted by atomic mass is 16.2. The van der Waals surface area contributed by atoms with Crippen LogP contribution in [-0.4, -0.2) is 11.9 Å². The summed E-state index contributed by atoms with van der Waals surface area (Å²) in [5.74, 6) is -0.113. The molecule has 1 aromatic rings. The van der Waals surface area contributed by atoms with Crippen LogP contribution in [0.3, 0.4) is 0 Å². The van der Waals surface area contributed by atoms with Crippen LogP contribution in [0.15, 0.2) is 24.3 Å². The van der Waals surface area contributed by atoms with Crippen LogP contribution in [0, 0.1) is 0 Å². The number of rotatable bonds is 4. The maximum Gasteiger partial charge on any atom is 0.241 e. The first-order chi connectivity index (χ1) is 7.19. The van der Waals surface area contributed by atoms with Gasteiger partial charge in [-0.3, -0.25) is 4.79 Å². The molecule has 15 heavy (non-hydrogen) atoms. The number of carbonyl (C=O) groups excluding carboxylic acids is 1. The lowest BCUT2D eigenvalue weighted by Crippen LogP contribution is -2.35. The summed E-state index contributed by atoms with van der Waals surface area (Å²) in [5, 5.41) is 2.85. The summed E-state index contributed by atoms with van der Waals surface area (Å²) in [5.41, 5.74) is 7.65. The molecule has 0 aliphatic rings. The van der Waals surface area contributed by atoms with Crippen LogP contribution in [0.1, 0.15) is 25.8 Å². The SMILES string of the molecule is CCc1ccccc1NC(=O)C(N)CC.